The minimum atomic E-state index is 0.139. The van der Waals surface area contributed by atoms with Gasteiger partial charge in [-0.25, -0.2) is 0 Å². The predicted octanol–water partition coefficient (Wildman–Crippen LogP) is 0.216. The molecule has 0 aliphatic heterocycles. The van der Waals surface area contributed by atoms with E-state index in [0.717, 1.165) is 13.0 Å². The van der Waals surface area contributed by atoms with Crippen LogP contribution in [0.4, 0.5) is 0 Å². The summed E-state index contributed by atoms with van der Waals surface area (Å²) < 4.78 is 0. The molecule has 5 nitrogen and oxygen atoms in total. The van der Waals surface area contributed by atoms with Crippen molar-refractivity contribution in [2.75, 3.05) is 19.7 Å². The van der Waals surface area contributed by atoms with Gasteiger partial charge in [-0.15, -0.1) is 0 Å². The van der Waals surface area contributed by atoms with Crippen molar-refractivity contribution in [2.45, 2.75) is 32.7 Å². The molecule has 0 aromatic heterocycles. The van der Waals surface area contributed by atoms with Crippen LogP contribution in [0.15, 0.2) is 5.16 Å². The fourth-order valence-corrected chi connectivity index (χ4v) is 1.44. The maximum Gasteiger partial charge on any atom is 0.140 e. The molecule has 0 heterocycles. The molecule has 1 unspecified atom stereocenters. The molecule has 0 bridgehead atoms. The number of hydrogen-bond donors (Lipinski definition) is 3. The molecule has 0 saturated heterocycles. The lowest BCUT2D eigenvalue weighted by Gasteiger charge is -2.27. The Hall–Kier alpha value is -0.810. The van der Waals surface area contributed by atoms with Crippen molar-refractivity contribution in [3.8, 4) is 0 Å². The molecule has 0 aliphatic rings. The molecule has 0 spiro atoms. The van der Waals surface area contributed by atoms with Gasteiger partial charge in [0.1, 0.15) is 5.84 Å². The summed E-state index contributed by atoms with van der Waals surface area (Å²) in [6, 6.07) is 0.193. The van der Waals surface area contributed by atoms with E-state index in [-0.39, 0.29) is 18.5 Å². The molecule has 0 fully saturated rings. The van der Waals surface area contributed by atoms with E-state index in [9.17, 15) is 0 Å². The summed E-state index contributed by atoms with van der Waals surface area (Å²) in [6.07, 6.45) is 1.55. The molecule has 0 radical (unpaired) electrons. The second-order valence-electron chi connectivity index (χ2n) is 3.40. The number of amidine groups is 1. The van der Waals surface area contributed by atoms with Crippen molar-refractivity contribution in [3.63, 3.8) is 0 Å². The lowest BCUT2D eigenvalue weighted by Crippen LogP contribution is -2.38. The van der Waals surface area contributed by atoms with Crippen molar-refractivity contribution in [3.05, 3.63) is 0 Å². The van der Waals surface area contributed by atoms with Crippen LogP contribution >= 0.6 is 0 Å². The van der Waals surface area contributed by atoms with Crippen LogP contribution in [0.3, 0.4) is 0 Å². The van der Waals surface area contributed by atoms with Gasteiger partial charge in [0.05, 0.1) is 6.61 Å². The topological polar surface area (TPSA) is 82.1 Å². The molecule has 14 heavy (non-hydrogen) atoms. The monoisotopic (exact) mass is 203 g/mol. The second kappa shape index (κ2) is 7.58. The molecule has 5 heteroatoms. The summed E-state index contributed by atoms with van der Waals surface area (Å²) in [5.74, 6) is 0.233. The SMILES string of the molecule is CCCN(CCO)C(C)CC(N)=NO. The maximum atomic E-state index is 8.85. The third kappa shape index (κ3) is 5.04. The van der Waals surface area contributed by atoms with Crippen molar-refractivity contribution < 1.29 is 10.3 Å². The minimum Gasteiger partial charge on any atom is -0.409 e. The van der Waals surface area contributed by atoms with Crippen LogP contribution in [0.2, 0.25) is 0 Å². The highest BCUT2D eigenvalue weighted by molar-refractivity contribution is 5.80. The minimum absolute atomic E-state index is 0.139. The maximum absolute atomic E-state index is 8.85. The standard InChI is InChI=1S/C9H21N3O2/c1-3-4-12(5-6-13)8(2)7-9(10)11-14/h8,13-14H,3-7H2,1-2H3,(H2,10,11). The van der Waals surface area contributed by atoms with Gasteiger partial charge in [-0.1, -0.05) is 12.1 Å². The van der Waals surface area contributed by atoms with Crippen LogP contribution in [-0.4, -0.2) is 46.8 Å². The normalized spacial score (nSPS) is 14.7. The lowest BCUT2D eigenvalue weighted by molar-refractivity contribution is 0.160. The first-order valence-corrected chi connectivity index (χ1v) is 4.97. The van der Waals surface area contributed by atoms with Gasteiger partial charge < -0.3 is 16.0 Å². The Bertz CT molecular complexity index is 167. The number of nitrogens with two attached hydrogens (primary N) is 1. The first-order chi connectivity index (χ1) is 6.65. The zero-order valence-electron chi connectivity index (χ0n) is 8.98. The van der Waals surface area contributed by atoms with Gasteiger partial charge in [0.2, 0.25) is 0 Å². The van der Waals surface area contributed by atoms with Crippen molar-refractivity contribution >= 4 is 5.84 Å². The van der Waals surface area contributed by atoms with Crippen LogP contribution in [0.25, 0.3) is 0 Å². The van der Waals surface area contributed by atoms with Gasteiger partial charge in [0, 0.05) is 19.0 Å². The smallest absolute Gasteiger partial charge is 0.140 e. The fraction of sp³-hybridized carbons (Fsp3) is 0.889. The first-order valence-electron chi connectivity index (χ1n) is 4.97. The summed E-state index contributed by atoms with van der Waals surface area (Å²) in [5.41, 5.74) is 5.41. The summed E-state index contributed by atoms with van der Waals surface area (Å²) in [4.78, 5) is 2.12. The number of nitrogens with zero attached hydrogens (tertiary/aromatic N) is 2. The van der Waals surface area contributed by atoms with E-state index in [4.69, 9.17) is 16.0 Å². The third-order valence-corrected chi connectivity index (χ3v) is 2.15. The molecule has 0 aromatic rings. The van der Waals surface area contributed by atoms with Crippen molar-refractivity contribution in [1.82, 2.24) is 4.90 Å². The van der Waals surface area contributed by atoms with Gasteiger partial charge in [0.25, 0.3) is 0 Å². The van der Waals surface area contributed by atoms with Gasteiger partial charge in [-0.3, -0.25) is 4.90 Å². The first kappa shape index (κ1) is 13.2. The summed E-state index contributed by atoms with van der Waals surface area (Å²) >= 11 is 0. The summed E-state index contributed by atoms with van der Waals surface area (Å²) in [7, 11) is 0. The third-order valence-electron chi connectivity index (χ3n) is 2.15. The molecule has 0 aliphatic carbocycles. The average molecular weight is 203 g/mol. The van der Waals surface area contributed by atoms with E-state index in [2.05, 4.69) is 17.0 Å². The summed E-state index contributed by atoms with van der Waals surface area (Å²) in [6.45, 7) is 5.78. The van der Waals surface area contributed by atoms with Gasteiger partial charge in [-0.05, 0) is 19.9 Å². The largest absolute Gasteiger partial charge is 0.409 e. The second-order valence-corrected chi connectivity index (χ2v) is 3.40. The van der Waals surface area contributed by atoms with E-state index in [1.54, 1.807) is 0 Å². The zero-order valence-corrected chi connectivity index (χ0v) is 8.98. The molecule has 0 saturated carbocycles. The number of rotatable bonds is 7. The molecule has 0 aromatic carbocycles. The molecule has 0 rings (SSSR count). The Morgan fingerprint density at radius 3 is 2.57 bits per heavy atom. The highest BCUT2D eigenvalue weighted by atomic mass is 16.4. The van der Waals surface area contributed by atoms with E-state index in [1.165, 1.54) is 0 Å². The Morgan fingerprint density at radius 1 is 1.50 bits per heavy atom. The predicted molar refractivity (Wildman–Crippen MR) is 56.4 cm³/mol. The number of aliphatic hydroxyl groups is 1. The Labute approximate surface area is 85.2 Å². The quantitative estimate of drug-likeness (QED) is 0.239. The number of hydrogen-bond acceptors (Lipinski definition) is 4. The van der Waals surface area contributed by atoms with E-state index < -0.39 is 0 Å². The Balaban J connectivity index is 4.06. The molecule has 84 valence electrons. The number of aliphatic hydroxyl groups excluding tert-OH is 1. The molecular formula is C9H21N3O2. The van der Waals surface area contributed by atoms with Crippen molar-refractivity contribution in [1.29, 1.82) is 0 Å². The summed E-state index contributed by atoms with van der Waals surface area (Å²) in [5, 5.41) is 20.2. The molecule has 1 atom stereocenters. The average Bonchev–Trinajstić information content (AvgIpc) is 2.17. The van der Waals surface area contributed by atoms with Crippen LogP contribution < -0.4 is 5.73 Å². The van der Waals surface area contributed by atoms with Gasteiger partial charge in [0.15, 0.2) is 0 Å². The van der Waals surface area contributed by atoms with Gasteiger partial charge in [-0.2, -0.15) is 0 Å². The fourth-order valence-electron chi connectivity index (χ4n) is 1.44. The molecule has 0 amide bonds. The van der Waals surface area contributed by atoms with Crippen molar-refractivity contribution in [2.24, 2.45) is 10.9 Å². The lowest BCUT2D eigenvalue weighted by atomic mass is 10.2. The van der Waals surface area contributed by atoms with E-state index >= 15 is 0 Å². The van der Waals surface area contributed by atoms with Crippen LogP contribution in [0.1, 0.15) is 26.7 Å². The molecular weight excluding hydrogens is 182 g/mol. The highest BCUT2D eigenvalue weighted by Crippen LogP contribution is 2.04. The zero-order chi connectivity index (χ0) is 11.0. The van der Waals surface area contributed by atoms with Crippen LogP contribution in [0.5, 0.6) is 0 Å². The van der Waals surface area contributed by atoms with Crippen LogP contribution in [-0.2, 0) is 0 Å². The Kier molecular flexibility index (Phi) is 7.14. The highest BCUT2D eigenvalue weighted by Gasteiger charge is 2.13. The van der Waals surface area contributed by atoms with E-state index in [1.807, 2.05) is 6.92 Å². The molecule has 4 N–H and O–H groups in total. The number of oxime groups is 1. The Morgan fingerprint density at radius 2 is 2.14 bits per heavy atom. The van der Waals surface area contributed by atoms with Crippen LogP contribution in [0, 0.1) is 0 Å². The van der Waals surface area contributed by atoms with E-state index in [0.29, 0.717) is 13.0 Å². The van der Waals surface area contributed by atoms with Gasteiger partial charge >= 0.3 is 0 Å².